The molecule has 0 aliphatic heterocycles. The second-order valence-corrected chi connectivity index (χ2v) is 8.54. The molecule has 0 saturated heterocycles. The van der Waals surface area contributed by atoms with Gasteiger partial charge in [0.25, 0.3) is 0 Å². The lowest BCUT2D eigenvalue weighted by Crippen LogP contribution is -2.48. The molecule has 2 N–H and O–H groups in total. The maximum atomic E-state index is 13.5. The number of imidazole rings is 1. The molecule has 3 rings (SSSR count). The Labute approximate surface area is 199 Å². The first-order valence-corrected chi connectivity index (χ1v) is 11.1. The first kappa shape index (κ1) is 24.9. The predicted octanol–water partition coefficient (Wildman–Crippen LogP) is 3.60. The van der Waals surface area contributed by atoms with Crippen LogP contribution in [0.25, 0.3) is 16.9 Å². The van der Waals surface area contributed by atoms with Crippen LogP contribution in [-0.2, 0) is 4.79 Å². The number of hydrogen-bond donors (Lipinski definition) is 2. The average Bonchev–Trinajstić information content (AvgIpc) is 3.20. The summed E-state index contributed by atoms with van der Waals surface area (Å²) in [4.78, 5) is 33.6. The number of carbonyl (C=O) groups is 2. The molecule has 0 atom stereocenters. The molecule has 2 aromatic carbocycles. The fraction of sp³-hybridized carbons (Fsp3) is 0.320. The van der Waals surface area contributed by atoms with Gasteiger partial charge < -0.3 is 15.1 Å². The van der Waals surface area contributed by atoms with Gasteiger partial charge >= 0.3 is 6.03 Å². The Balaban J connectivity index is 1.85. The van der Waals surface area contributed by atoms with E-state index in [-0.39, 0.29) is 36.3 Å². The fourth-order valence-electron chi connectivity index (χ4n) is 3.26. The van der Waals surface area contributed by atoms with E-state index >= 15 is 0 Å². The predicted molar refractivity (Wildman–Crippen MR) is 131 cm³/mol. The lowest BCUT2D eigenvalue weighted by molar-refractivity contribution is -0.116. The second kappa shape index (κ2) is 11.4. The van der Waals surface area contributed by atoms with Gasteiger partial charge in [0.2, 0.25) is 11.9 Å². The summed E-state index contributed by atoms with van der Waals surface area (Å²) in [5.41, 5.74) is 2.18. The van der Waals surface area contributed by atoms with Crippen molar-refractivity contribution in [1.29, 1.82) is 0 Å². The highest BCUT2D eigenvalue weighted by atomic mass is 19.1. The summed E-state index contributed by atoms with van der Waals surface area (Å²) in [6, 6.07) is 15.1. The lowest BCUT2D eigenvalue weighted by atomic mass is 10.2. The van der Waals surface area contributed by atoms with Crippen LogP contribution < -0.4 is 10.6 Å². The van der Waals surface area contributed by atoms with Crippen LogP contribution in [0.1, 0.15) is 13.8 Å². The van der Waals surface area contributed by atoms with Crippen molar-refractivity contribution in [3.05, 3.63) is 66.6 Å². The number of halogens is 1. The SMILES string of the molecule is CC(C)NC(=O)N(CCN(C)C)CC(=O)Nc1nc(-c2ccccc2)cn1-c1ccc(F)cc1. The van der Waals surface area contributed by atoms with Crippen LogP contribution in [0.4, 0.5) is 15.1 Å². The van der Waals surface area contributed by atoms with Crippen LogP contribution in [0.15, 0.2) is 60.8 Å². The monoisotopic (exact) mass is 466 g/mol. The van der Waals surface area contributed by atoms with Crippen molar-refractivity contribution in [1.82, 2.24) is 24.7 Å². The maximum absolute atomic E-state index is 13.5. The zero-order valence-corrected chi connectivity index (χ0v) is 20.0. The van der Waals surface area contributed by atoms with Crippen LogP contribution in [0, 0.1) is 5.82 Å². The summed E-state index contributed by atoms with van der Waals surface area (Å²) in [5.74, 6) is -0.455. The smallest absolute Gasteiger partial charge is 0.318 e. The Morgan fingerprint density at radius 3 is 2.32 bits per heavy atom. The van der Waals surface area contributed by atoms with Crippen LogP contribution in [0.2, 0.25) is 0 Å². The minimum Gasteiger partial charge on any atom is -0.336 e. The lowest BCUT2D eigenvalue weighted by Gasteiger charge is -2.25. The van der Waals surface area contributed by atoms with E-state index in [1.807, 2.05) is 63.2 Å². The third kappa shape index (κ3) is 6.89. The van der Waals surface area contributed by atoms with Gasteiger partial charge in [0.05, 0.1) is 5.69 Å². The molecule has 1 heterocycles. The van der Waals surface area contributed by atoms with Gasteiger partial charge in [-0.05, 0) is 52.2 Å². The molecule has 0 bridgehead atoms. The number of carbonyl (C=O) groups excluding carboxylic acids is 2. The Morgan fingerprint density at radius 1 is 1.03 bits per heavy atom. The van der Waals surface area contributed by atoms with Crippen molar-refractivity contribution in [2.75, 3.05) is 39.0 Å². The maximum Gasteiger partial charge on any atom is 0.318 e. The highest BCUT2D eigenvalue weighted by molar-refractivity contribution is 5.93. The van der Waals surface area contributed by atoms with Gasteiger partial charge in [-0.25, -0.2) is 14.2 Å². The first-order valence-electron chi connectivity index (χ1n) is 11.1. The molecule has 0 unspecified atom stereocenters. The van der Waals surface area contributed by atoms with Crippen LogP contribution in [-0.4, -0.2) is 71.1 Å². The number of nitrogens with zero attached hydrogens (tertiary/aromatic N) is 4. The molecule has 0 saturated carbocycles. The van der Waals surface area contributed by atoms with Crippen molar-refractivity contribution < 1.29 is 14.0 Å². The summed E-state index contributed by atoms with van der Waals surface area (Å²) >= 11 is 0. The van der Waals surface area contributed by atoms with E-state index in [9.17, 15) is 14.0 Å². The zero-order chi connectivity index (χ0) is 24.7. The van der Waals surface area contributed by atoms with E-state index < -0.39 is 0 Å². The van der Waals surface area contributed by atoms with Crippen molar-refractivity contribution in [3.63, 3.8) is 0 Å². The Hall–Kier alpha value is -3.72. The van der Waals surface area contributed by atoms with Gasteiger partial charge in [-0.2, -0.15) is 0 Å². The molecule has 1 aromatic heterocycles. The van der Waals surface area contributed by atoms with Gasteiger partial charge in [0.1, 0.15) is 12.4 Å². The second-order valence-electron chi connectivity index (χ2n) is 8.54. The number of nitrogens with one attached hydrogen (secondary N) is 2. The van der Waals surface area contributed by atoms with Crippen LogP contribution in [0.5, 0.6) is 0 Å². The number of aromatic nitrogens is 2. The van der Waals surface area contributed by atoms with Crippen molar-refractivity contribution in [3.8, 4) is 16.9 Å². The van der Waals surface area contributed by atoms with Crippen molar-refractivity contribution in [2.45, 2.75) is 19.9 Å². The third-order valence-electron chi connectivity index (χ3n) is 4.98. The third-order valence-corrected chi connectivity index (χ3v) is 4.98. The molecular formula is C25H31FN6O2. The highest BCUT2D eigenvalue weighted by Gasteiger charge is 2.20. The van der Waals surface area contributed by atoms with E-state index in [1.165, 1.54) is 17.0 Å². The van der Waals surface area contributed by atoms with Gasteiger partial charge in [0, 0.05) is 36.6 Å². The Kier molecular flexibility index (Phi) is 8.37. The molecule has 34 heavy (non-hydrogen) atoms. The highest BCUT2D eigenvalue weighted by Crippen LogP contribution is 2.24. The zero-order valence-electron chi connectivity index (χ0n) is 20.0. The summed E-state index contributed by atoms with van der Waals surface area (Å²) in [6.45, 7) is 4.60. The van der Waals surface area contributed by atoms with E-state index in [4.69, 9.17) is 0 Å². The molecule has 0 radical (unpaired) electrons. The minimum atomic E-state index is -0.383. The van der Waals surface area contributed by atoms with Gasteiger partial charge in [0.15, 0.2) is 0 Å². The summed E-state index contributed by atoms with van der Waals surface area (Å²) in [6.07, 6.45) is 1.79. The van der Waals surface area contributed by atoms with Crippen LogP contribution >= 0.6 is 0 Å². The Morgan fingerprint density at radius 2 is 1.71 bits per heavy atom. The number of likely N-dealkylation sites (N-methyl/N-ethyl adjacent to an activating group) is 1. The number of amides is 3. The van der Waals surface area contributed by atoms with Crippen molar-refractivity contribution in [2.24, 2.45) is 0 Å². The minimum absolute atomic E-state index is 0.0526. The summed E-state index contributed by atoms with van der Waals surface area (Å²) in [7, 11) is 3.81. The molecule has 3 amide bonds. The van der Waals surface area contributed by atoms with E-state index in [1.54, 1.807) is 22.9 Å². The summed E-state index contributed by atoms with van der Waals surface area (Å²) < 4.78 is 15.2. The number of hydrogen-bond acceptors (Lipinski definition) is 4. The van der Waals surface area contributed by atoms with Gasteiger partial charge in [-0.1, -0.05) is 30.3 Å². The number of rotatable bonds is 9. The van der Waals surface area contributed by atoms with E-state index in [2.05, 4.69) is 15.6 Å². The molecule has 0 spiro atoms. The number of anilines is 1. The first-order chi connectivity index (χ1) is 16.2. The average molecular weight is 467 g/mol. The Bertz CT molecular complexity index is 1100. The molecule has 3 aromatic rings. The standard InChI is InChI=1S/C25H31FN6O2/c1-18(2)27-25(34)31(15-14-30(3)4)17-23(33)29-24-28-22(19-8-6-5-7-9-19)16-32(24)21-12-10-20(26)11-13-21/h5-13,16,18H,14-15,17H2,1-4H3,(H,27,34)(H,28,29,33). The largest absolute Gasteiger partial charge is 0.336 e. The molecule has 0 aliphatic carbocycles. The van der Waals surface area contributed by atoms with E-state index in [0.717, 1.165) is 5.56 Å². The normalized spacial score (nSPS) is 11.0. The molecule has 0 fully saturated rings. The number of urea groups is 1. The quantitative estimate of drug-likeness (QED) is 0.505. The molecular weight excluding hydrogens is 435 g/mol. The fourth-order valence-corrected chi connectivity index (χ4v) is 3.26. The molecule has 180 valence electrons. The molecule has 9 heteroatoms. The topological polar surface area (TPSA) is 82.5 Å². The van der Waals surface area contributed by atoms with Crippen molar-refractivity contribution >= 4 is 17.9 Å². The van der Waals surface area contributed by atoms with Gasteiger partial charge in [-0.15, -0.1) is 0 Å². The number of benzene rings is 2. The summed E-state index contributed by atoms with van der Waals surface area (Å²) in [5, 5.41) is 5.66. The van der Waals surface area contributed by atoms with Gasteiger partial charge in [-0.3, -0.25) is 14.7 Å². The molecule has 0 aliphatic rings. The molecule has 8 nitrogen and oxygen atoms in total. The van der Waals surface area contributed by atoms with Crippen LogP contribution in [0.3, 0.4) is 0 Å². The van der Waals surface area contributed by atoms with E-state index in [0.29, 0.717) is 24.5 Å².